The van der Waals surface area contributed by atoms with Gasteiger partial charge in [0.2, 0.25) is 0 Å². The summed E-state index contributed by atoms with van der Waals surface area (Å²) in [5.41, 5.74) is 3.39. The van der Waals surface area contributed by atoms with Crippen molar-refractivity contribution in [2.45, 2.75) is 13.8 Å². The number of aryl methyl sites for hydroxylation is 3. The van der Waals surface area contributed by atoms with Gasteiger partial charge in [0.25, 0.3) is 11.8 Å². The summed E-state index contributed by atoms with van der Waals surface area (Å²) in [4.78, 5) is 29.8. The number of fused-ring (bicyclic) bond motifs is 1. The number of carbonyl (C=O) groups excluding carboxylic acids is 2. The molecule has 0 radical (unpaired) electrons. The Balaban J connectivity index is 1.99. The fourth-order valence-corrected chi connectivity index (χ4v) is 2.99. The maximum atomic E-state index is 13.0. The molecule has 2 N–H and O–H groups in total. The highest BCUT2D eigenvalue weighted by Gasteiger charge is 2.19. The van der Waals surface area contributed by atoms with Crippen LogP contribution in [-0.4, -0.2) is 33.1 Å². The van der Waals surface area contributed by atoms with Crippen molar-refractivity contribution < 1.29 is 9.59 Å². The lowest BCUT2D eigenvalue weighted by Gasteiger charge is -2.12. The number of nitrogens with zero attached hydrogens (tertiary/aromatic N) is 3. The molecule has 138 valence electrons. The van der Waals surface area contributed by atoms with Gasteiger partial charge in [0.15, 0.2) is 5.65 Å². The molecule has 3 rings (SSSR count). The summed E-state index contributed by atoms with van der Waals surface area (Å²) in [5, 5.41) is 10.6. The minimum Gasteiger partial charge on any atom is -0.349 e. The zero-order chi connectivity index (χ0) is 19.6. The molecule has 0 aliphatic carbocycles. The second kappa shape index (κ2) is 7.41. The number of amides is 2. The van der Waals surface area contributed by atoms with Gasteiger partial charge in [-0.25, -0.2) is 4.98 Å². The van der Waals surface area contributed by atoms with Gasteiger partial charge in [0.05, 0.1) is 27.9 Å². The molecule has 0 aliphatic heterocycles. The zero-order valence-electron chi connectivity index (χ0n) is 15.5. The Morgan fingerprint density at radius 2 is 1.93 bits per heavy atom. The van der Waals surface area contributed by atoms with Crippen LogP contribution >= 0.6 is 0 Å². The van der Waals surface area contributed by atoms with E-state index in [0.717, 1.165) is 5.69 Å². The second-order valence-corrected chi connectivity index (χ2v) is 6.22. The molecule has 27 heavy (non-hydrogen) atoms. The highest BCUT2D eigenvalue weighted by atomic mass is 16.2. The number of hydrogen-bond donors (Lipinski definition) is 2. The fraction of sp³-hybridized carbons (Fsp3) is 0.200. The SMILES string of the molecule is C=CCNC(=O)c1ccccc1NC(=O)c1cc(C)nc2c1c(C)nn2C. The van der Waals surface area contributed by atoms with E-state index in [1.54, 1.807) is 48.1 Å². The number of hydrogen-bond acceptors (Lipinski definition) is 4. The van der Waals surface area contributed by atoms with E-state index in [1.165, 1.54) is 0 Å². The molecule has 0 unspecified atom stereocenters. The molecule has 0 saturated carbocycles. The number of aromatic nitrogens is 3. The van der Waals surface area contributed by atoms with Crippen molar-refractivity contribution in [3.63, 3.8) is 0 Å². The molecule has 1 aromatic carbocycles. The molecule has 0 bridgehead atoms. The third-order valence-electron chi connectivity index (χ3n) is 4.17. The first-order valence-electron chi connectivity index (χ1n) is 8.52. The maximum Gasteiger partial charge on any atom is 0.256 e. The van der Waals surface area contributed by atoms with E-state index in [9.17, 15) is 9.59 Å². The van der Waals surface area contributed by atoms with Gasteiger partial charge in [0.1, 0.15) is 0 Å². The molecule has 2 aromatic heterocycles. The molecule has 2 heterocycles. The van der Waals surface area contributed by atoms with Crippen molar-refractivity contribution in [1.29, 1.82) is 0 Å². The lowest BCUT2D eigenvalue weighted by Crippen LogP contribution is -2.25. The first-order chi connectivity index (χ1) is 12.9. The summed E-state index contributed by atoms with van der Waals surface area (Å²) in [6.45, 7) is 7.60. The zero-order valence-corrected chi connectivity index (χ0v) is 15.5. The van der Waals surface area contributed by atoms with Crippen LogP contribution < -0.4 is 10.6 Å². The molecule has 3 aromatic rings. The largest absolute Gasteiger partial charge is 0.349 e. The first-order valence-corrected chi connectivity index (χ1v) is 8.52. The highest BCUT2D eigenvalue weighted by Crippen LogP contribution is 2.23. The Bertz CT molecular complexity index is 1050. The second-order valence-electron chi connectivity index (χ2n) is 6.22. The molecule has 0 saturated heterocycles. The lowest BCUT2D eigenvalue weighted by molar-refractivity contribution is 0.0959. The smallest absolute Gasteiger partial charge is 0.256 e. The summed E-state index contributed by atoms with van der Waals surface area (Å²) >= 11 is 0. The minimum absolute atomic E-state index is 0.278. The van der Waals surface area contributed by atoms with Gasteiger partial charge >= 0.3 is 0 Å². The number of nitrogens with one attached hydrogen (secondary N) is 2. The minimum atomic E-state index is -0.314. The predicted molar refractivity (Wildman–Crippen MR) is 105 cm³/mol. The molecular weight excluding hydrogens is 342 g/mol. The van der Waals surface area contributed by atoms with Crippen LogP contribution in [0, 0.1) is 13.8 Å². The van der Waals surface area contributed by atoms with Crippen molar-refractivity contribution in [3.05, 3.63) is 65.5 Å². The van der Waals surface area contributed by atoms with Crippen LogP contribution in [0.4, 0.5) is 5.69 Å². The number of pyridine rings is 1. The average molecular weight is 363 g/mol. The standard InChI is InChI=1S/C20H21N5O2/c1-5-10-21-19(26)14-8-6-7-9-16(14)23-20(27)15-11-12(2)22-18-17(15)13(3)24-25(18)4/h5-9,11H,1,10H2,2-4H3,(H,21,26)(H,23,27). The van der Waals surface area contributed by atoms with Crippen LogP contribution in [0.5, 0.6) is 0 Å². The van der Waals surface area contributed by atoms with E-state index < -0.39 is 0 Å². The number of para-hydroxylation sites is 1. The Kier molecular flexibility index (Phi) is 5.03. The molecule has 0 aliphatic rings. The fourth-order valence-electron chi connectivity index (χ4n) is 2.99. The van der Waals surface area contributed by atoms with E-state index in [2.05, 4.69) is 27.3 Å². The molecule has 2 amide bonds. The monoisotopic (exact) mass is 363 g/mol. The predicted octanol–water partition coefficient (Wildman–Crippen LogP) is 2.75. The van der Waals surface area contributed by atoms with Crippen LogP contribution in [0.2, 0.25) is 0 Å². The summed E-state index contributed by atoms with van der Waals surface area (Å²) in [7, 11) is 1.79. The van der Waals surface area contributed by atoms with E-state index in [4.69, 9.17) is 0 Å². The number of carbonyl (C=O) groups is 2. The van der Waals surface area contributed by atoms with Gasteiger partial charge in [-0.1, -0.05) is 18.2 Å². The summed E-state index contributed by atoms with van der Waals surface area (Å²) in [6, 6.07) is 8.60. The van der Waals surface area contributed by atoms with Crippen LogP contribution in [-0.2, 0) is 7.05 Å². The normalized spacial score (nSPS) is 10.6. The highest BCUT2D eigenvalue weighted by molar-refractivity contribution is 6.14. The topological polar surface area (TPSA) is 88.9 Å². The van der Waals surface area contributed by atoms with Crippen LogP contribution in [0.15, 0.2) is 43.0 Å². The quantitative estimate of drug-likeness (QED) is 0.682. The van der Waals surface area contributed by atoms with Crippen LogP contribution in [0.3, 0.4) is 0 Å². The van der Waals surface area contributed by atoms with E-state index >= 15 is 0 Å². The van der Waals surface area contributed by atoms with Crippen molar-refractivity contribution in [2.75, 3.05) is 11.9 Å². The first kappa shape index (κ1) is 18.3. The van der Waals surface area contributed by atoms with E-state index in [0.29, 0.717) is 40.1 Å². The Hall–Kier alpha value is -3.48. The molecule has 0 spiro atoms. The third-order valence-corrected chi connectivity index (χ3v) is 4.17. The molecule has 7 heteroatoms. The molecule has 7 nitrogen and oxygen atoms in total. The van der Waals surface area contributed by atoms with Crippen molar-refractivity contribution >= 4 is 28.5 Å². The van der Waals surface area contributed by atoms with Gasteiger partial charge in [0, 0.05) is 19.3 Å². The summed E-state index contributed by atoms with van der Waals surface area (Å²) in [5.74, 6) is -0.593. The van der Waals surface area contributed by atoms with Gasteiger partial charge in [-0.15, -0.1) is 6.58 Å². The maximum absolute atomic E-state index is 13.0. The van der Waals surface area contributed by atoms with Gasteiger partial charge < -0.3 is 10.6 Å². The Morgan fingerprint density at radius 1 is 1.19 bits per heavy atom. The van der Waals surface area contributed by atoms with Gasteiger partial charge in [-0.3, -0.25) is 14.3 Å². The summed E-state index contributed by atoms with van der Waals surface area (Å²) < 4.78 is 1.66. The van der Waals surface area contributed by atoms with Crippen molar-refractivity contribution in [2.24, 2.45) is 7.05 Å². The lowest BCUT2D eigenvalue weighted by atomic mass is 10.1. The Labute approximate surface area is 157 Å². The van der Waals surface area contributed by atoms with Crippen molar-refractivity contribution in [3.8, 4) is 0 Å². The summed E-state index contributed by atoms with van der Waals surface area (Å²) in [6.07, 6.45) is 1.60. The number of rotatable bonds is 5. The average Bonchev–Trinajstić information content (AvgIpc) is 2.93. The third kappa shape index (κ3) is 3.57. The number of anilines is 1. The molecule has 0 fully saturated rings. The van der Waals surface area contributed by atoms with Crippen LogP contribution in [0.25, 0.3) is 11.0 Å². The van der Waals surface area contributed by atoms with Gasteiger partial charge in [-0.2, -0.15) is 5.10 Å². The van der Waals surface area contributed by atoms with E-state index in [-0.39, 0.29) is 11.8 Å². The Morgan fingerprint density at radius 3 is 2.67 bits per heavy atom. The van der Waals surface area contributed by atoms with Crippen LogP contribution in [0.1, 0.15) is 32.1 Å². The molecular formula is C20H21N5O2. The van der Waals surface area contributed by atoms with Crippen molar-refractivity contribution in [1.82, 2.24) is 20.1 Å². The number of benzene rings is 1. The van der Waals surface area contributed by atoms with Gasteiger partial charge in [-0.05, 0) is 32.0 Å². The van der Waals surface area contributed by atoms with E-state index in [1.807, 2.05) is 13.8 Å². The molecule has 0 atom stereocenters.